The molecule has 11 heavy (non-hydrogen) atoms. The summed E-state index contributed by atoms with van der Waals surface area (Å²) >= 11 is 0. The van der Waals surface area contributed by atoms with Crippen molar-refractivity contribution in [2.45, 2.75) is 0 Å². The first kappa shape index (κ1) is 7.48. The molecule has 0 radical (unpaired) electrons. The van der Waals surface area contributed by atoms with E-state index in [1.807, 2.05) is 0 Å². The van der Waals surface area contributed by atoms with Crippen LogP contribution in [0.2, 0.25) is 0 Å². The van der Waals surface area contributed by atoms with Gasteiger partial charge in [0.15, 0.2) is 11.6 Å². The minimum Gasteiger partial charge on any atom is -0.494 e. The highest BCUT2D eigenvalue weighted by Crippen LogP contribution is 2.17. The Morgan fingerprint density at radius 2 is 2.36 bits per heavy atom. The Morgan fingerprint density at radius 3 is 2.82 bits per heavy atom. The van der Waals surface area contributed by atoms with E-state index in [2.05, 4.69) is 4.98 Å². The predicted octanol–water partition coefficient (Wildman–Crippen LogP) is 1.10. The quantitative estimate of drug-likeness (QED) is 0.605. The zero-order valence-corrected chi connectivity index (χ0v) is 5.84. The molecule has 0 unspecified atom stereocenters. The molecular formula is C7H5FN2O. The van der Waals surface area contributed by atoms with Gasteiger partial charge in [-0.25, -0.2) is 4.39 Å². The number of halogens is 1. The van der Waals surface area contributed by atoms with E-state index in [1.54, 1.807) is 6.07 Å². The van der Waals surface area contributed by atoms with E-state index < -0.39 is 5.82 Å². The van der Waals surface area contributed by atoms with Crippen LogP contribution in [0.5, 0.6) is 5.75 Å². The second-order valence-electron chi connectivity index (χ2n) is 1.81. The Morgan fingerprint density at radius 1 is 1.64 bits per heavy atom. The lowest BCUT2D eigenvalue weighted by atomic mass is 10.2. The zero-order chi connectivity index (χ0) is 8.27. The maximum absolute atomic E-state index is 12.7. The van der Waals surface area contributed by atoms with Crippen LogP contribution in [0.4, 0.5) is 4.39 Å². The molecule has 0 amide bonds. The van der Waals surface area contributed by atoms with Crippen LogP contribution in [0.1, 0.15) is 5.56 Å². The minimum absolute atomic E-state index is 0.109. The van der Waals surface area contributed by atoms with Crippen molar-refractivity contribution < 1.29 is 9.13 Å². The van der Waals surface area contributed by atoms with Gasteiger partial charge in [-0.2, -0.15) is 5.26 Å². The number of rotatable bonds is 1. The largest absolute Gasteiger partial charge is 0.494 e. The third-order valence-electron chi connectivity index (χ3n) is 1.20. The van der Waals surface area contributed by atoms with Gasteiger partial charge in [-0.15, -0.1) is 0 Å². The molecule has 1 heterocycles. The van der Waals surface area contributed by atoms with Crippen LogP contribution in [0.25, 0.3) is 0 Å². The summed E-state index contributed by atoms with van der Waals surface area (Å²) in [5.74, 6) is -0.501. The standard InChI is InChI=1S/C7H5FN2O/c1-11-7-4-10-3-6(8)5(7)2-9/h3-4H,1H3. The average molecular weight is 152 g/mol. The van der Waals surface area contributed by atoms with E-state index >= 15 is 0 Å². The van der Waals surface area contributed by atoms with Gasteiger partial charge in [0, 0.05) is 0 Å². The summed E-state index contributed by atoms with van der Waals surface area (Å²) in [5.41, 5.74) is -0.109. The number of ether oxygens (including phenoxy) is 1. The maximum atomic E-state index is 12.7. The van der Waals surface area contributed by atoms with E-state index in [1.165, 1.54) is 13.3 Å². The van der Waals surface area contributed by atoms with Gasteiger partial charge in [-0.05, 0) is 0 Å². The number of hydrogen-bond donors (Lipinski definition) is 0. The van der Waals surface area contributed by atoms with Gasteiger partial charge in [-0.1, -0.05) is 0 Å². The molecule has 56 valence electrons. The highest BCUT2D eigenvalue weighted by atomic mass is 19.1. The topological polar surface area (TPSA) is 45.9 Å². The molecule has 0 N–H and O–H groups in total. The normalized spacial score (nSPS) is 8.82. The third kappa shape index (κ3) is 1.27. The summed E-state index contributed by atoms with van der Waals surface area (Å²) < 4.78 is 17.4. The fraction of sp³-hybridized carbons (Fsp3) is 0.143. The average Bonchev–Trinajstić information content (AvgIpc) is 2.04. The van der Waals surface area contributed by atoms with Gasteiger partial charge in [0.05, 0.1) is 19.5 Å². The first-order valence-corrected chi connectivity index (χ1v) is 2.87. The molecule has 0 atom stereocenters. The molecule has 1 aromatic rings. The van der Waals surface area contributed by atoms with Gasteiger partial charge >= 0.3 is 0 Å². The number of hydrogen-bond acceptors (Lipinski definition) is 3. The molecule has 0 saturated carbocycles. The summed E-state index contributed by atoms with van der Waals surface area (Å²) in [6.07, 6.45) is 2.27. The first-order valence-electron chi connectivity index (χ1n) is 2.87. The summed E-state index contributed by atoms with van der Waals surface area (Å²) in [5, 5.41) is 8.43. The Hall–Kier alpha value is -1.63. The maximum Gasteiger partial charge on any atom is 0.163 e. The molecule has 0 aliphatic heterocycles. The summed E-state index contributed by atoms with van der Waals surface area (Å²) in [4.78, 5) is 3.51. The lowest BCUT2D eigenvalue weighted by molar-refractivity contribution is 0.407. The van der Waals surface area contributed by atoms with E-state index in [0.717, 1.165) is 6.20 Å². The number of methoxy groups -OCH3 is 1. The van der Waals surface area contributed by atoms with Crippen molar-refractivity contribution in [3.8, 4) is 11.8 Å². The number of nitrogens with zero attached hydrogens (tertiary/aromatic N) is 2. The van der Waals surface area contributed by atoms with E-state index in [4.69, 9.17) is 10.00 Å². The van der Waals surface area contributed by atoms with Crippen LogP contribution in [0.3, 0.4) is 0 Å². The van der Waals surface area contributed by atoms with Crippen LogP contribution in [0.15, 0.2) is 12.4 Å². The van der Waals surface area contributed by atoms with Crippen molar-refractivity contribution >= 4 is 0 Å². The molecule has 0 aliphatic carbocycles. The van der Waals surface area contributed by atoms with Gasteiger partial charge in [0.1, 0.15) is 11.6 Å². The van der Waals surface area contributed by atoms with Crippen LogP contribution in [0, 0.1) is 17.1 Å². The second kappa shape index (κ2) is 2.97. The summed E-state index contributed by atoms with van der Waals surface area (Å²) in [7, 11) is 1.36. The van der Waals surface area contributed by atoms with Crippen molar-refractivity contribution in [1.29, 1.82) is 5.26 Å². The highest BCUT2D eigenvalue weighted by molar-refractivity contribution is 5.41. The van der Waals surface area contributed by atoms with Crippen LogP contribution >= 0.6 is 0 Å². The number of aromatic nitrogens is 1. The molecule has 4 heteroatoms. The second-order valence-corrected chi connectivity index (χ2v) is 1.81. The Kier molecular flexibility index (Phi) is 2.02. The van der Waals surface area contributed by atoms with Crippen LogP contribution < -0.4 is 4.74 Å². The molecular weight excluding hydrogens is 147 g/mol. The zero-order valence-electron chi connectivity index (χ0n) is 5.84. The first-order chi connectivity index (χ1) is 5.29. The van der Waals surface area contributed by atoms with Gasteiger partial charge in [0.25, 0.3) is 0 Å². The van der Waals surface area contributed by atoms with Gasteiger partial charge < -0.3 is 4.74 Å². The Balaban J connectivity index is 3.27. The molecule has 1 rings (SSSR count). The number of pyridine rings is 1. The molecule has 0 aliphatic rings. The van der Waals surface area contributed by atoms with Crippen molar-refractivity contribution in [2.24, 2.45) is 0 Å². The van der Waals surface area contributed by atoms with E-state index in [9.17, 15) is 4.39 Å². The predicted molar refractivity (Wildman–Crippen MR) is 35.5 cm³/mol. The Labute approximate surface area is 63.1 Å². The molecule has 0 fully saturated rings. The van der Waals surface area contributed by atoms with Gasteiger partial charge in [-0.3, -0.25) is 4.98 Å². The summed E-state index contributed by atoms with van der Waals surface area (Å²) in [6.45, 7) is 0. The van der Waals surface area contributed by atoms with E-state index in [0.29, 0.717) is 0 Å². The van der Waals surface area contributed by atoms with Crippen molar-refractivity contribution in [3.63, 3.8) is 0 Å². The van der Waals surface area contributed by atoms with E-state index in [-0.39, 0.29) is 11.3 Å². The van der Waals surface area contributed by atoms with Crippen LogP contribution in [-0.2, 0) is 0 Å². The molecule has 3 nitrogen and oxygen atoms in total. The lowest BCUT2D eigenvalue weighted by Gasteiger charge is -1.99. The fourth-order valence-electron chi connectivity index (χ4n) is 0.680. The summed E-state index contributed by atoms with van der Waals surface area (Å²) in [6, 6.07) is 1.67. The third-order valence-corrected chi connectivity index (χ3v) is 1.20. The highest BCUT2D eigenvalue weighted by Gasteiger charge is 2.07. The van der Waals surface area contributed by atoms with Crippen LogP contribution in [-0.4, -0.2) is 12.1 Å². The van der Waals surface area contributed by atoms with Crippen molar-refractivity contribution in [3.05, 3.63) is 23.8 Å². The molecule has 1 aromatic heterocycles. The molecule has 0 spiro atoms. The fourth-order valence-corrected chi connectivity index (χ4v) is 0.680. The molecule has 0 bridgehead atoms. The smallest absolute Gasteiger partial charge is 0.163 e. The monoisotopic (exact) mass is 152 g/mol. The Bertz CT molecular complexity index is 306. The van der Waals surface area contributed by atoms with Crippen molar-refractivity contribution in [2.75, 3.05) is 7.11 Å². The minimum atomic E-state index is -0.660. The lowest BCUT2D eigenvalue weighted by Crippen LogP contribution is -1.92. The molecule has 0 saturated heterocycles. The number of nitriles is 1. The van der Waals surface area contributed by atoms with Crippen molar-refractivity contribution in [1.82, 2.24) is 4.98 Å². The van der Waals surface area contributed by atoms with Gasteiger partial charge in [0.2, 0.25) is 0 Å². The molecule has 0 aromatic carbocycles. The SMILES string of the molecule is COc1cncc(F)c1C#N.